The Hall–Kier alpha value is -4.01. The number of hydrogen-bond acceptors (Lipinski definition) is 6. The van der Waals surface area contributed by atoms with Crippen LogP contribution in [0, 0.1) is 6.92 Å². The number of methoxy groups -OCH3 is 1. The van der Waals surface area contributed by atoms with Crippen LogP contribution < -0.4 is 15.6 Å². The number of aryl methyl sites for hydroxylation is 1. The summed E-state index contributed by atoms with van der Waals surface area (Å²) >= 11 is 0. The van der Waals surface area contributed by atoms with Crippen LogP contribution >= 0.6 is 0 Å². The molecule has 3 aromatic heterocycles. The first kappa shape index (κ1) is 19.3. The van der Waals surface area contributed by atoms with Crippen molar-refractivity contribution in [2.45, 2.75) is 20.0 Å². The van der Waals surface area contributed by atoms with Crippen LogP contribution in [0.3, 0.4) is 0 Å². The number of carbonyl (C=O) groups excluding carboxylic acids is 1. The molecule has 1 amide bonds. The number of rotatable bonds is 6. The largest absolute Gasteiger partial charge is 0.497 e. The van der Waals surface area contributed by atoms with Crippen molar-refractivity contribution in [2.75, 3.05) is 7.11 Å². The summed E-state index contributed by atoms with van der Waals surface area (Å²) in [6, 6.07) is 14.6. The first-order valence-corrected chi connectivity index (χ1v) is 9.33. The van der Waals surface area contributed by atoms with Crippen LogP contribution in [0.5, 0.6) is 5.75 Å². The molecule has 4 rings (SSSR count). The number of benzene rings is 1. The Morgan fingerprint density at radius 3 is 2.63 bits per heavy atom. The van der Waals surface area contributed by atoms with E-state index in [9.17, 15) is 9.59 Å². The van der Waals surface area contributed by atoms with E-state index < -0.39 is 0 Å². The van der Waals surface area contributed by atoms with Gasteiger partial charge in [-0.2, -0.15) is 10.2 Å². The molecule has 1 N–H and O–H groups in total. The quantitative estimate of drug-likeness (QED) is 0.523. The van der Waals surface area contributed by atoms with Crippen LogP contribution in [0.15, 0.2) is 59.5 Å². The van der Waals surface area contributed by atoms with Gasteiger partial charge in [0.1, 0.15) is 23.6 Å². The Morgan fingerprint density at radius 2 is 1.93 bits per heavy atom. The highest BCUT2D eigenvalue weighted by molar-refractivity contribution is 5.75. The molecular formula is C21H20N6O3. The van der Waals surface area contributed by atoms with Gasteiger partial charge in [-0.25, -0.2) is 9.20 Å². The molecule has 0 aliphatic rings. The molecule has 0 spiro atoms. The number of nitrogens with one attached hydrogen (secondary N) is 1. The highest BCUT2D eigenvalue weighted by Gasteiger charge is 2.15. The maximum atomic E-state index is 12.9. The van der Waals surface area contributed by atoms with E-state index in [1.54, 1.807) is 32.4 Å². The third-order valence-electron chi connectivity index (χ3n) is 4.61. The van der Waals surface area contributed by atoms with Crippen LogP contribution in [-0.4, -0.2) is 37.4 Å². The third-order valence-corrected chi connectivity index (χ3v) is 4.61. The lowest BCUT2D eigenvalue weighted by Crippen LogP contribution is -2.34. The summed E-state index contributed by atoms with van der Waals surface area (Å²) in [5.41, 5.74) is 2.18. The van der Waals surface area contributed by atoms with Crippen molar-refractivity contribution < 1.29 is 9.53 Å². The molecule has 4 aromatic rings. The van der Waals surface area contributed by atoms with Gasteiger partial charge in [0.15, 0.2) is 0 Å². The summed E-state index contributed by atoms with van der Waals surface area (Å²) in [7, 11) is 1.60. The standard InChI is InChI=1S/C21H20N6O3/c1-14-24-26(13-20(28)23-12-16-5-3-4-10-22-16)21(29)19-11-18(25-27(14)19)15-6-8-17(30-2)9-7-15/h3-11H,12-13H2,1-2H3,(H,23,28). The fourth-order valence-electron chi connectivity index (χ4n) is 3.07. The number of pyridine rings is 1. The lowest BCUT2D eigenvalue weighted by Gasteiger charge is -2.08. The van der Waals surface area contributed by atoms with E-state index in [0.717, 1.165) is 21.7 Å². The van der Waals surface area contributed by atoms with Crippen LogP contribution in [0.4, 0.5) is 0 Å². The minimum absolute atomic E-state index is 0.188. The second kappa shape index (κ2) is 8.16. The van der Waals surface area contributed by atoms with Gasteiger partial charge in [-0.1, -0.05) is 6.07 Å². The van der Waals surface area contributed by atoms with Crippen molar-refractivity contribution in [1.29, 1.82) is 0 Å². The van der Waals surface area contributed by atoms with E-state index in [4.69, 9.17) is 4.74 Å². The van der Waals surface area contributed by atoms with Gasteiger partial charge in [-0.05, 0) is 49.4 Å². The summed E-state index contributed by atoms with van der Waals surface area (Å²) < 4.78 is 7.81. The Labute approximate surface area is 172 Å². The fourth-order valence-corrected chi connectivity index (χ4v) is 3.07. The van der Waals surface area contributed by atoms with Gasteiger partial charge in [0.25, 0.3) is 5.56 Å². The van der Waals surface area contributed by atoms with E-state index >= 15 is 0 Å². The maximum Gasteiger partial charge on any atom is 0.293 e. The van der Waals surface area contributed by atoms with Crippen LogP contribution in [0.2, 0.25) is 0 Å². The zero-order valence-electron chi connectivity index (χ0n) is 16.6. The van der Waals surface area contributed by atoms with Gasteiger partial charge < -0.3 is 10.1 Å². The van der Waals surface area contributed by atoms with Crippen molar-refractivity contribution >= 4 is 11.4 Å². The Kier molecular flexibility index (Phi) is 5.25. The second-order valence-electron chi connectivity index (χ2n) is 6.66. The van der Waals surface area contributed by atoms with E-state index in [0.29, 0.717) is 17.0 Å². The van der Waals surface area contributed by atoms with Gasteiger partial charge in [-0.3, -0.25) is 14.6 Å². The van der Waals surface area contributed by atoms with E-state index in [1.807, 2.05) is 36.4 Å². The van der Waals surface area contributed by atoms with Gasteiger partial charge >= 0.3 is 0 Å². The molecule has 0 aliphatic carbocycles. The molecule has 0 radical (unpaired) electrons. The molecule has 9 nitrogen and oxygen atoms in total. The van der Waals surface area contributed by atoms with Crippen LogP contribution in [0.25, 0.3) is 16.8 Å². The van der Waals surface area contributed by atoms with Gasteiger partial charge in [0.05, 0.1) is 25.0 Å². The number of amides is 1. The number of ether oxygens (including phenoxy) is 1. The van der Waals surface area contributed by atoms with E-state index in [2.05, 4.69) is 20.5 Å². The predicted molar refractivity (Wildman–Crippen MR) is 110 cm³/mol. The first-order chi connectivity index (χ1) is 14.5. The predicted octanol–water partition coefficient (Wildman–Crippen LogP) is 1.59. The zero-order chi connectivity index (χ0) is 21.1. The second-order valence-corrected chi connectivity index (χ2v) is 6.66. The maximum absolute atomic E-state index is 12.9. The molecule has 0 saturated heterocycles. The molecule has 9 heteroatoms. The molecule has 0 aliphatic heterocycles. The molecule has 3 heterocycles. The van der Waals surface area contributed by atoms with Crippen molar-refractivity contribution in [1.82, 2.24) is 29.7 Å². The van der Waals surface area contributed by atoms with Crippen LogP contribution in [0.1, 0.15) is 11.5 Å². The van der Waals surface area contributed by atoms with Crippen molar-refractivity contribution in [3.8, 4) is 17.0 Å². The lowest BCUT2D eigenvalue weighted by atomic mass is 10.1. The number of carbonyl (C=O) groups is 1. The number of fused-ring (bicyclic) bond motifs is 1. The molecule has 30 heavy (non-hydrogen) atoms. The molecule has 0 atom stereocenters. The molecule has 152 valence electrons. The summed E-state index contributed by atoms with van der Waals surface area (Å²) in [5, 5.41) is 11.5. The topological polar surface area (TPSA) is 103 Å². The average Bonchev–Trinajstić information content (AvgIpc) is 3.23. The third kappa shape index (κ3) is 3.90. The lowest BCUT2D eigenvalue weighted by molar-refractivity contribution is -0.122. The molecule has 0 fully saturated rings. The minimum atomic E-state index is -0.388. The highest BCUT2D eigenvalue weighted by atomic mass is 16.5. The van der Waals surface area contributed by atoms with E-state index in [1.165, 1.54) is 4.52 Å². The molecule has 0 saturated carbocycles. The SMILES string of the molecule is COc1ccc(-c2cc3c(=O)n(CC(=O)NCc4ccccn4)nc(C)n3n2)cc1. The van der Waals surface area contributed by atoms with Crippen molar-refractivity contribution in [3.05, 3.63) is 76.6 Å². The monoisotopic (exact) mass is 404 g/mol. The molecule has 0 unspecified atom stereocenters. The van der Waals surface area contributed by atoms with E-state index in [-0.39, 0.29) is 24.6 Å². The van der Waals surface area contributed by atoms with Crippen molar-refractivity contribution in [3.63, 3.8) is 0 Å². The number of hydrogen-bond donors (Lipinski definition) is 1. The summed E-state index contributed by atoms with van der Waals surface area (Å²) in [5.74, 6) is 0.912. The first-order valence-electron chi connectivity index (χ1n) is 9.33. The molecule has 1 aromatic carbocycles. The summed E-state index contributed by atoms with van der Waals surface area (Å²) in [4.78, 5) is 29.3. The smallest absolute Gasteiger partial charge is 0.293 e. The van der Waals surface area contributed by atoms with Gasteiger partial charge in [0.2, 0.25) is 5.91 Å². The zero-order valence-corrected chi connectivity index (χ0v) is 16.6. The molecular weight excluding hydrogens is 384 g/mol. The Morgan fingerprint density at radius 1 is 1.13 bits per heavy atom. The number of aromatic nitrogens is 5. The summed E-state index contributed by atoms with van der Waals surface area (Å²) in [6.07, 6.45) is 1.66. The molecule has 0 bridgehead atoms. The number of nitrogens with zero attached hydrogens (tertiary/aromatic N) is 5. The Bertz CT molecular complexity index is 1250. The van der Waals surface area contributed by atoms with Crippen LogP contribution in [-0.2, 0) is 17.9 Å². The van der Waals surface area contributed by atoms with Crippen molar-refractivity contribution in [2.24, 2.45) is 0 Å². The Balaban J connectivity index is 1.58. The fraction of sp³-hybridized carbons (Fsp3) is 0.190. The van der Waals surface area contributed by atoms with Gasteiger partial charge in [0, 0.05) is 11.8 Å². The minimum Gasteiger partial charge on any atom is -0.497 e. The average molecular weight is 404 g/mol. The van der Waals surface area contributed by atoms with Gasteiger partial charge in [-0.15, -0.1) is 0 Å². The normalized spacial score (nSPS) is 10.9. The highest BCUT2D eigenvalue weighted by Crippen LogP contribution is 2.21. The summed E-state index contributed by atoms with van der Waals surface area (Å²) in [6.45, 7) is 1.83.